The molecule has 0 N–H and O–H groups in total. The SMILES string of the molecule is C=CCCCCCCOc1ccc(C(=O)c2ccccc2)cc1. The molecule has 0 spiro atoms. The van der Waals surface area contributed by atoms with E-state index in [1.54, 1.807) is 0 Å². The fourth-order valence-corrected chi connectivity index (χ4v) is 2.39. The zero-order chi connectivity index (χ0) is 16.3. The van der Waals surface area contributed by atoms with Crippen LogP contribution in [0.3, 0.4) is 0 Å². The van der Waals surface area contributed by atoms with E-state index in [9.17, 15) is 4.79 Å². The zero-order valence-corrected chi connectivity index (χ0v) is 13.5. The minimum Gasteiger partial charge on any atom is -0.494 e. The monoisotopic (exact) mass is 308 g/mol. The summed E-state index contributed by atoms with van der Waals surface area (Å²) in [6.07, 6.45) is 7.73. The molecule has 0 bridgehead atoms. The van der Waals surface area contributed by atoms with Gasteiger partial charge >= 0.3 is 0 Å². The topological polar surface area (TPSA) is 26.3 Å². The molecule has 0 saturated heterocycles. The maximum atomic E-state index is 12.3. The van der Waals surface area contributed by atoms with Crippen LogP contribution in [0.4, 0.5) is 0 Å². The van der Waals surface area contributed by atoms with Crippen LogP contribution in [0.15, 0.2) is 67.3 Å². The Morgan fingerprint density at radius 2 is 1.52 bits per heavy atom. The number of benzene rings is 2. The fraction of sp³-hybridized carbons (Fsp3) is 0.286. The number of rotatable bonds is 10. The van der Waals surface area contributed by atoms with Gasteiger partial charge in [-0.05, 0) is 43.5 Å². The Morgan fingerprint density at radius 3 is 2.22 bits per heavy atom. The number of carbonyl (C=O) groups excluding carboxylic acids is 1. The maximum Gasteiger partial charge on any atom is 0.193 e. The Kier molecular flexibility index (Phi) is 7.12. The standard InChI is InChI=1S/C21H24O2/c1-2-3-4-5-6-10-17-23-20-15-13-19(14-16-20)21(22)18-11-8-7-9-12-18/h2,7-9,11-16H,1,3-6,10,17H2. The number of hydrogen-bond donors (Lipinski definition) is 0. The van der Waals surface area contributed by atoms with Crippen LogP contribution in [0.1, 0.15) is 48.0 Å². The van der Waals surface area contributed by atoms with Crippen molar-refractivity contribution in [1.82, 2.24) is 0 Å². The second-order valence-corrected chi connectivity index (χ2v) is 5.56. The average molecular weight is 308 g/mol. The molecular formula is C21H24O2. The van der Waals surface area contributed by atoms with Gasteiger partial charge in [0, 0.05) is 11.1 Å². The summed E-state index contributed by atoms with van der Waals surface area (Å²) in [5.74, 6) is 0.861. The van der Waals surface area contributed by atoms with Gasteiger partial charge in [0.15, 0.2) is 5.78 Å². The molecule has 0 atom stereocenters. The highest BCUT2D eigenvalue weighted by atomic mass is 16.5. The minimum absolute atomic E-state index is 0.0411. The second-order valence-electron chi connectivity index (χ2n) is 5.56. The molecule has 0 fully saturated rings. The van der Waals surface area contributed by atoms with Gasteiger partial charge in [-0.2, -0.15) is 0 Å². The first-order valence-corrected chi connectivity index (χ1v) is 8.25. The van der Waals surface area contributed by atoms with Gasteiger partial charge in [-0.25, -0.2) is 0 Å². The molecule has 23 heavy (non-hydrogen) atoms. The van der Waals surface area contributed by atoms with Crippen molar-refractivity contribution >= 4 is 5.78 Å². The molecule has 120 valence electrons. The van der Waals surface area contributed by atoms with Gasteiger partial charge in [0.05, 0.1) is 6.61 Å². The van der Waals surface area contributed by atoms with E-state index in [-0.39, 0.29) is 5.78 Å². The van der Waals surface area contributed by atoms with Crippen molar-refractivity contribution in [2.45, 2.75) is 32.1 Å². The second kappa shape index (κ2) is 9.62. The molecule has 0 aromatic heterocycles. The zero-order valence-electron chi connectivity index (χ0n) is 13.5. The Morgan fingerprint density at radius 1 is 0.870 bits per heavy atom. The molecule has 0 amide bonds. The van der Waals surface area contributed by atoms with Crippen molar-refractivity contribution in [3.05, 3.63) is 78.4 Å². The summed E-state index contributed by atoms with van der Waals surface area (Å²) in [6, 6.07) is 16.7. The maximum absolute atomic E-state index is 12.3. The molecular weight excluding hydrogens is 284 g/mol. The minimum atomic E-state index is 0.0411. The smallest absolute Gasteiger partial charge is 0.193 e. The van der Waals surface area contributed by atoms with E-state index in [0.29, 0.717) is 11.1 Å². The first-order valence-electron chi connectivity index (χ1n) is 8.25. The highest BCUT2D eigenvalue weighted by molar-refractivity contribution is 6.08. The Labute approximate surface area is 138 Å². The third-order valence-corrected chi connectivity index (χ3v) is 3.72. The fourth-order valence-electron chi connectivity index (χ4n) is 2.39. The molecule has 2 aromatic carbocycles. The summed E-state index contributed by atoms with van der Waals surface area (Å²) in [7, 11) is 0. The summed E-state index contributed by atoms with van der Waals surface area (Å²) < 4.78 is 5.72. The lowest BCUT2D eigenvalue weighted by molar-refractivity contribution is 0.103. The molecule has 2 aromatic rings. The number of ether oxygens (including phenoxy) is 1. The number of hydrogen-bond acceptors (Lipinski definition) is 2. The van der Waals surface area contributed by atoms with E-state index in [4.69, 9.17) is 4.74 Å². The Hall–Kier alpha value is -2.35. The number of carbonyl (C=O) groups is 1. The Bertz CT molecular complexity index is 599. The van der Waals surface area contributed by atoms with Crippen LogP contribution < -0.4 is 4.74 Å². The van der Waals surface area contributed by atoms with Crippen molar-refractivity contribution in [2.24, 2.45) is 0 Å². The van der Waals surface area contributed by atoms with Crippen LogP contribution in [0.5, 0.6) is 5.75 Å². The van der Waals surface area contributed by atoms with E-state index >= 15 is 0 Å². The predicted molar refractivity (Wildman–Crippen MR) is 95.1 cm³/mol. The lowest BCUT2D eigenvalue weighted by Gasteiger charge is -2.07. The first-order chi connectivity index (χ1) is 11.3. The van der Waals surface area contributed by atoms with Crippen LogP contribution >= 0.6 is 0 Å². The molecule has 0 aliphatic rings. The number of ketones is 1. The molecule has 0 aliphatic heterocycles. The lowest BCUT2D eigenvalue weighted by atomic mass is 10.0. The molecule has 2 rings (SSSR count). The summed E-state index contributed by atoms with van der Waals surface area (Å²) in [5, 5.41) is 0. The van der Waals surface area contributed by atoms with Gasteiger partial charge in [0.1, 0.15) is 5.75 Å². The van der Waals surface area contributed by atoms with E-state index < -0.39 is 0 Å². The lowest BCUT2D eigenvalue weighted by Crippen LogP contribution is -2.01. The highest BCUT2D eigenvalue weighted by Gasteiger charge is 2.08. The van der Waals surface area contributed by atoms with Gasteiger partial charge in [-0.3, -0.25) is 4.79 Å². The predicted octanol–water partition coefficient (Wildman–Crippen LogP) is 5.43. The third kappa shape index (κ3) is 5.74. The highest BCUT2D eigenvalue weighted by Crippen LogP contribution is 2.16. The van der Waals surface area contributed by atoms with Crippen LogP contribution in [0.25, 0.3) is 0 Å². The average Bonchev–Trinajstić information content (AvgIpc) is 2.61. The van der Waals surface area contributed by atoms with Gasteiger partial charge in [-0.15, -0.1) is 6.58 Å². The van der Waals surface area contributed by atoms with Crippen LogP contribution in [-0.4, -0.2) is 12.4 Å². The van der Waals surface area contributed by atoms with Gasteiger partial charge < -0.3 is 4.74 Å². The summed E-state index contributed by atoms with van der Waals surface area (Å²) in [6.45, 7) is 4.45. The normalized spacial score (nSPS) is 10.3. The summed E-state index contributed by atoms with van der Waals surface area (Å²) >= 11 is 0. The van der Waals surface area contributed by atoms with Crippen molar-refractivity contribution in [3.63, 3.8) is 0 Å². The van der Waals surface area contributed by atoms with E-state index in [1.165, 1.54) is 19.3 Å². The summed E-state index contributed by atoms with van der Waals surface area (Å²) in [5.41, 5.74) is 1.40. The van der Waals surface area contributed by atoms with Crippen LogP contribution in [0.2, 0.25) is 0 Å². The first kappa shape index (κ1) is 17.0. The van der Waals surface area contributed by atoms with E-state index in [1.807, 2.05) is 60.7 Å². The summed E-state index contributed by atoms with van der Waals surface area (Å²) in [4.78, 5) is 12.3. The van der Waals surface area contributed by atoms with Gasteiger partial charge in [0.2, 0.25) is 0 Å². The Balaban J connectivity index is 1.76. The van der Waals surface area contributed by atoms with Crippen LogP contribution in [0, 0.1) is 0 Å². The third-order valence-electron chi connectivity index (χ3n) is 3.72. The quantitative estimate of drug-likeness (QED) is 0.332. The van der Waals surface area contributed by atoms with Crippen molar-refractivity contribution in [3.8, 4) is 5.75 Å². The van der Waals surface area contributed by atoms with E-state index in [2.05, 4.69) is 6.58 Å². The molecule has 0 heterocycles. The number of unbranched alkanes of at least 4 members (excludes halogenated alkanes) is 4. The van der Waals surface area contributed by atoms with Crippen molar-refractivity contribution < 1.29 is 9.53 Å². The molecule has 0 unspecified atom stereocenters. The van der Waals surface area contributed by atoms with Crippen molar-refractivity contribution in [2.75, 3.05) is 6.61 Å². The molecule has 0 saturated carbocycles. The van der Waals surface area contributed by atoms with Gasteiger partial charge in [-0.1, -0.05) is 49.2 Å². The van der Waals surface area contributed by atoms with Gasteiger partial charge in [0.25, 0.3) is 0 Å². The van der Waals surface area contributed by atoms with E-state index in [0.717, 1.165) is 25.2 Å². The number of allylic oxidation sites excluding steroid dienone is 1. The molecule has 0 radical (unpaired) electrons. The molecule has 0 aliphatic carbocycles. The molecule has 2 nitrogen and oxygen atoms in total. The largest absolute Gasteiger partial charge is 0.494 e. The molecule has 2 heteroatoms. The van der Waals surface area contributed by atoms with Crippen molar-refractivity contribution in [1.29, 1.82) is 0 Å². The van der Waals surface area contributed by atoms with Crippen LogP contribution in [-0.2, 0) is 0 Å².